The molecule has 0 aliphatic heterocycles. The molecule has 0 saturated carbocycles. The van der Waals surface area contributed by atoms with Crippen LogP contribution in [-0.4, -0.2) is 15.1 Å². The van der Waals surface area contributed by atoms with Crippen LogP contribution in [0.2, 0.25) is 20.1 Å². The first-order valence-electron chi connectivity index (χ1n) is 8.99. The Morgan fingerprint density at radius 3 is 2.28 bits per heavy atom. The number of hydrogen-bond acceptors (Lipinski definition) is 4. The van der Waals surface area contributed by atoms with Crippen molar-refractivity contribution >= 4 is 80.6 Å². The summed E-state index contributed by atoms with van der Waals surface area (Å²) in [5, 5.41) is 0.522. The first-order valence-corrected chi connectivity index (χ1v) is 12.0. The Kier molecular flexibility index (Phi) is 7.75. The number of para-hydroxylation sites is 1. The van der Waals surface area contributed by atoms with E-state index in [0.29, 0.717) is 16.5 Å². The van der Waals surface area contributed by atoms with Gasteiger partial charge in [0.15, 0.2) is 5.75 Å². The lowest BCUT2D eigenvalue weighted by Gasteiger charge is -2.14. The van der Waals surface area contributed by atoms with Crippen LogP contribution in [0.15, 0.2) is 70.2 Å². The molecule has 0 aromatic heterocycles. The molecule has 3 aromatic carbocycles. The standard InChI is InChI=1S/C22H16Cl4N2O3S/c1-13(9-14-5-3-4-6-20(14)27-2)31-22-18(25)11-16(12-19(22)26)28-32(29,30)21-8-7-15(23)10-17(21)24/h3-12,28H,2H2,1H3/b13-9+. The van der Waals surface area contributed by atoms with E-state index in [2.05, 4.69) is 16.4 Å². The van der Waals surface area contributed by atoms with E-state index in [4.69, 9.17) is 51.1 Å². The quantitative estimate of drug-likeness (QED) is 0.250. The second-order valence-corrected chi connectivity index (χ2v) is 9.83. The van der Waals surface area contributed by atoms with Gasteiger partial charge in [-0.25, -0.2) is 8.42 Å². The van der Waals surface area contributed by atoms with E-state index in [1.54, 1.807) is 13.0 Å². The number of sulfonamides is 1. The van der Waals surface area contributed by atoms with E-state index in [9.17, 15) is 8.42 Å². The molecule has 0 aliphatic rings. The minimum atomic E-state index is -4.00. The molecule has 0 heterocycles. The van der Waals surface area contributed by atoms with Crippen molar-refractivity contribution in [3.63, 3.8) is 0 Å². The third-order valence-corrected chi connectivity index (χ3v) is 6.82. The second kappa shape index (κ2) is 10.1. The van der Waals surface area contributed by atoms with Gasteiger partial charge in [0, 0.05) is 10.6 Å². The number of ether oxygens (including phenoxy) is 1. The highest BCUT2D eigenvalue weighted by atomic mass is 35.5. The molecule has 0 bridgehead atoms. The topological polar surface area (TPSA) is 67.8 Å². The van der Waals surface area contributed by atoms with Gasteiger partial charge in [-0.2, -0.15) is 0 Å². The number of allylic oxidation sites excluding steroid dienone is 1. The minimum Gasteiger partial charge on any atom is -0.459 e. The number of rotatable bonds is 7. The Labute approximate surface area is 206 Å². The van der Waals surface area contributed by atoms with Crippen molar-refractivity contribution in [2.75, 3.05) is 4.72 Å². The Hall–Kier alpha value is -2.22. The highest BCUT2D eigenvalue weighted by Gasteiger charge is 2.20. The summed E-state index contributed by atoms with van der Waals surface area (Å²) in [6.07, 6.45) is 1.76. The molecule has 3 rings (SSSR count). The number of aliphatic imine (C=N–C) groups is 1. The fourth-order valence-electron chi connectivity index (χ4n) is 2.78. The zero-order valence-electron chi connectivity index (χ0n) is 16.6. The Morgan fingerprint density at radius 1 is 1.00 bits per heavy atom. The maximum Gasteiger partial charge on any atom is 0.263 e. The maximum absolute atomic E-state index is 12.7. The Bertz CT molecular complexity index is 1300. The lowest BCUT2D eigenvalue weighted by molar-refractivity contribution is 0.433. The number of nitrogens with zero attached hydrogens (tertiary/aromatic N) is 1. The molecule has 0 atom stereocenters. The van der Waals surface area contributed by atoms with E-state index in [1.165, 1.54) is 30.3 Å². The molecule has 0 aliphatic carbocycles. The molecule has 0 radical (unpaired) electrons. The monoisotopic (exact) mass is 528 g/mol. The van der Waals surface area contributed by atoms with Crippen molar-refractivity contribution in [3.8, 4) is 5.75 Å². The number of benzene rings is 3. The van der Waals surface area contributed by atoms with E-state index in [-0.39, 0.29) is 31.4 Å². The predicted molar refractivity (Wildman–Crippen MR) is 134 cm³/mol. The van der Waals surface area contributed by atoms with Crippen LogP contribution in [0, 0.1) is 0 Å². The third-order valence-electron chi connectivity index (χ3n) is 4.16. The van der Waals surface area contributed by atoms with E-state index < -0.39 is 10.0 Å². The summed E-state index contributed by atoms with van der Waals surface area (Å²) in [7, 11) is -4.00. The van der Waals surface area contributed by atoms with E-state index in [0.717, 1.165) is 5.56 Å². The van der Waals surface area contributed by atoms with Gasteiger partial charge < -0.3 is 4.74 Å². The van der Waals surface area contributed by atoms with Crippen molar-refractivity contribution in [1.29, 1.82) is 0 Å². The molecule has 1 N–H and O–H groups in total. The Morgan fingerprint density at radius 2 is 1.66 bits per heavy atom. The maximum atomic E-state index is 12.7. The Balaban J connectivity index is 1.86. The van der Waals surface area contributed by atoms with Crippen LogP contribution >= 0.6 is 46.4 Å². The van der Waals surface area contributed by atoms with Gasteiger partial charge in [-0.3, -0.25) is 9.71 Å². The molecule has 0 unspecified atom stereocenters. The normalized spacial score (nSPS) is 11.8. The average molecular weight is 530 g/mol. The van der Waals surface area contributed by atoms with Crippen LogP contribution in [0.25, 0.3) is 6.08 Å². The van der Waals surface area contributed by atoms with Crippen LogP contribution in [0.1, 0.15) is 12.5 Å². The van der Waals surface area contributed by atoms with Gasteiger partial charge in [0.25, 0.3) is 10.0 Å². The lowest BCUT2D eigenvalue weighted by atomic mass is 10.1. The van der Waals surface area contributed by atoms with Crippen molar-refractivity contribution in [2.24, 2.45) is 4.99 Å². The van der Waals surface area contributed by atoms with Crippen LogP contribution in [0.3, 0.4) is 0 Å². The molecule has 5 nitrogen and oxygen atoms in total. The summed E-state index contributed by atoms with van der Waals surface area (Å²) in [4.78, 5) is 3.83. The molecular weight excluding hydrogens is 514 g/mol. The summed E-state index contributed by atoms with van der Waals surface area (Å²) in [5.41, 5.74) is 1.64. The van der Waals surface area contributed by atoms with Crippen molar-refractivity contribution < 1.29 is 13.2 Å². The first kappa shape index (κ1) is 24.4. The smallest absolute Gasteiger partial charge is 0.263 e. The highest BCUT2D eigenvalue weighted by molar-refractivity contribution is 7.92. The highest BCUT2D eigenvalue weighted by Crippen LogP contribution is 2.38. The van der Waals surface area contributed by atoms with E-state index in [1.807, 2.05) is 24.3 Å². The summed E-state index contributed by atoms with van der Waals surface area (Å²) < 4.78 is 33.6. The van der Waals surface area contributed by atoms with Crippen LogP contribution in [0.5, 0.6) is 5.75 Å². The van der Waals surface area contributed by atoms with Gasteiger partial charge in [-0.1, -0.05) is 64.6 Å². The zero-order valence-corrected chi connectivity index (χ0v) is 20.4. The van der Waals surface area contributed by atoms with Gasteiger partial charge in [0.2, 0.25) is 0 Å². The average Bonchev–Trinajstić information content (AvgIpc) is 2.70. The van der Waals surface area contributed by atoms with Crippen molar-refractivity contribution in [1.82, 2.24) is 0 Å². The summed E-state index contributed by atoms with van der Waals surface area (Å²) >= 11 is 24.5. The molecule has 32 heavy (non-hydrogen) atoms. The number of hydrogen-bond donors (Lipinski definition) is 1. The molecule has 0 amide bonds. The van der Waals surface area contributed by atoms with Crippen LogP contribution in [-0.2, 0) is 10.0 Å². The second-order valence-electron chi connectivity index (χ2n) is 6.52. The SMILES string of the molecule is C=Nc1ccccc1/C=C(\C)Oc1c(Cl)cc(NS(=O)(=O)c2ccc(Cl)cc2Cl)cc1Cl. The lowest BCUT2D eigenvalue weighted by Crippen LogP contribution is -2.13. The van der Waals surface area contributed by atoms with Gasteiger partial charge in [0.1, 0.15) is 10.7 Å². The minimum absolute atomic E-state index is 0.0165. The predicted octanol–water partition coefficient (Wildman–Crippen LogP) is 7.87. The number of anilines is 1. The van der Waals surface area contributed by atoms with Crippen LogP contribution in [0.4, 0.5) is 11.4 Å². The van der Waals surface area contributed by atoms with Gasteiger partial charge >= 0.3 is 0 Å². The fourth-order valence-corrected chi connectivity index (χ4v) is 5.16. The molecule has 10 heteroatoms. The summed E-state index contributed by atoms with van der Waals surface area (Å²) in [6.45, 7) is 5.28. The molecule has 0 fully saturated rings. The first-order chi connectivity index (χ1) is 15.1. The van der Waals surface area contributed by atoms with Gasteiger partial charge in [-0.15, -0.1) is 0 Å². The van der Waals surface area contributed by atoms with Crippen molar-refractivity contribution in [3.05, 3.63) is 86.0 Å². The van der Waals surface area contributed by atoms with Crippen molar-refractivity contribution in [2.45, 2.75) is 11.8 Å². The number of nitrogens with one attached hydrogen (secondary N) is 1. The molecule has 3 aromatic rings. The molecule has 166 valence electrons. The number of halogens is 4. The summed E-state index contributed by atoms with van der Waals surface area (Å²) in [5.74, 6) is 0.671. The third kappa shape index (κ3) is 5.77. The van der Waals surface area contributed by atoms with Gasteiger partial charge in [-0.05, 0) is 56.1 Å². The fraction of sp³-hybridized carbons (Fsp3) is 0.0455. The molecular formula is C22H16Cl4N2O3S. The molecule has 0 spiro atoms. The van der Waals surface area contributed by atoms with E-state index >= 15 is 0 Å². The van der Waals surface area contributed by atoms with Gasteiger partial charge in [0.05, 0.1) is 26.4 Å². The summed E-state index contributed by atoms with van der Waals surface area (Å²) in [6, 6.07) is 14.2. The molecule has 0 saturated heterocycles. The zero-order chi connectivity index (χ0) is 23.5. The largest absolute Gasteiger partial charge is 0.459 e. The van der Waals surface area contributed by atoms with Crippen LogP contribution < -0.4 is 9.46 Å².